The van der Waals surface area contributed by atoms with E-state index >= 15 is 0 Å². The maximum absolute atomic E-state index is 10.7. The van der Waals surface area contributed by atoms with Crippen molar-refractivity contribution in [2.75, 3.05) is 6.54 Å². The Bertz CT molecular complexity index is 211. The smallest absolute Gasteiger partial charge is 0.280 e. The van der Waals surface area contributed by atoms with Gasteiger partial charge in [-0.1, -0.05) is 11.9 Å². The zero-order valence-corrected chi connectivity index (χ0v) is 6.82. The molecule has 0 aliphatic carbocycles. The summed E-state index contributed by atoms with van der Waals surface area (Å²) < 4.78 is 0. The van der Waals surface area contributed by atoms with Crippen LogP contribution < -0.4 is 0 Å². The van der Waals surface area contributed by atoms with Crippen LogP contribution in [0.4, 0.5) is 0 Å². The van der Waals surface area contributed by atoms with Gasteiger partial charge in [-0.15, -0.1) is 5.06 Å². The van der Waals surface area contributed by atoms with E-state index in [0.29, 0.717) is 13.0 Å². The standard InChI is InChI=1S/C7H10N2O3/c1-2-3-7(10)11-12-9-5-6(9)4-8/h6H,2-3,5H2,1H3. The predicted octanol–water partition coefficient (Wildman–Crippen LogP) is 0.384. The number of carbonyl (C=O) groups excluding carboxylic acids is 1. The summed E-state index contributed by atoms with van der Waals surface area (Å²) in [6, 6.07) is 1.70. The Morgan fingerprint density at radius 2 is 2.58 bits per heavy atom. The van der Waals surface area contributed by atoms with Crippen molar-refractivity contribution in [1.29, 1.82) is 5.26 Å². The van der Waals surface area contributed by atoms with Crippen molar-refractivity contribution in [3.05, 3.63) is 0 Å². The molecule has 5 nitrogen and oxygen atoms in total. The predicted molar refractivity (Wildman–Crippen MR) is 38.2 cm³/mol. The Labute approximate surface area is 70.3 Å². The molecule has 1 fully saturated rings. The lowest BCUT2D eigenvalue weighted by atomic mass is 10.3. The second-order valence-electron chi connectivity index (χ2n) is 2.52. The highest BCUT2D eigenvalue weighted by Gasteiger charge is 2.37. The van der Waals surface area contributed by atoms with E-state index < -0.39 is 5.97 Å². The lowest BCUT2D eigenvalue weighted by Crippen LogP contribution is -2.09. The molecule has 0 saturated carbocycles. The molecule has 0 aromatic carbocycles. The summed E-state index contributed by atoms with van der Waals surface area (Å²) in [5.41, 5.74) is 0. The van der Waals surface area contributed by atoms with Gasteiger partial charge >= 0.3 is 5.97 Å². The van der Waals surface area contributed by atoms with Crippen LogP contribution in [0, 0.1) is 11.3 Å². The van der Waals surface area contributed by atoms with E-state index in [-0.39, 0.29) is 6.04 Å². The van der Waals surface area contributed by atoms with Gasteiger partial charge in [-0.25, -0.2) is 4.79 Å². The number of hydroxylamine groups is 2. The average molecular weight is 170 g/mol. The van der Waals surface area contributed by atoms with E-state index in [9.17, 15) is 4.79 Å². The maximum Gasteiger partial charge on any atom is 0.344 e. The van der Waals surface area contributed by atoms with Crippen LogP contribution in [0.1, 0.15) is 19.8 Å². The second kappa shape index (κ2) is 4.04. The van der Waals surface area contributed by atoms with E-state index in [1.54, 1.807) is 0 Å². The normalized spacial score (nSPS) is 26.0. The third-order valence-corrected chi connectivity index (χ3v) is 1.40. The molecule has 5 heteroatoms. The molecular weight excluding hydrogens is 160 g/mol. The second-order valence-corrected chi connectivity index (χ2v) is 2.52. The molecule has 12 heavy (non-hydrogen) atoms. The Hall–Kier alpha value is -1.12. The summed E-state index contributed by atoms with van der Waals surface area (Å²) in [7, 11) is 0. The molecule has 1 heterocycles. The average Bonchev–Trinajstić information content (AvgIpc) is 2.80. The maximum atomic E-state index is 10.7. The number of rotatable bonds is 4. The third-order valence-electron chi connectivity index (χ3n) is 1.40. The van der Waals surface area contributed by atoms with Crippen molar-refractivity contribution < 1.29 is 14.7 Å². The number of hydrogen-bond donors (Lipinski definition) is 0. The van der Waals surface area contributed by atoms with Crippen LogP contribution in [0.2, 0.25) is 0 Å². The van der Waals surface area contributed by atoms with Gasteiger partial charge in [0.15, 0.2) is 0 Å². The van der Waals surface area contributed by atoms with E-state index in [0.717, 1.165) is 6.42 Å². The molecule has 1 rings (SSSR count). The number of carbonyl (C=O) groups is 1. The van der Waals surface area contributed by atoms with Gasteiger partial charge in [0.25, 0.3) is 0 Å². The topological polar surface area (TPSA) is 62.3 Å². The molecular formula is C7H10N2O3. The van der Waals surface area contributed by atoms with E-state index in [2.05, 4.69) is 9.88 Å². The molecule has 2 unspecified atom stereocenters. The highest BCUT2D eigenvalue weighted by molar-refractivity contribution is 5.68. The number of nitriles is 1. The SMILES string of the molecule is CCCC(=O)OON1CC1C#N. The van der Waals surface area contributed by atoms with Gasteiger partial charge in [0.2, 0.25) is 0 Å². The van der Waals surface area contributed by atoms with Crippen LogP contribution in [-0.4, -0.2) is 23.6 Å². The molecule has 0 spiro atoms. The first-order chi connectivity index (χ1) is 5.77. The molecule has 66 valence electrons. The van der Waals surface area contributed by atoms with Gasteiger partial charge in [0.05, 0.1) is 12.6 Å². The number of hydrogen-bond acceptors (Lipinski definition) is 5. The van der Waals surface area contributed by atoms with Crippen LogP contribution in [0.3, 0.4) is 0 Å². The molecule has 0 aromatic rings. The van der Waals surface area contributed by atoms with Gasteiger partial charge in [0, 0.05) is 6.42 Å². The first kappa shape index (κ1) is 8.97. The third kappa shape index (κ3) is 2.49. The zero-order valence-electron chi connectivity index (χ0n) is 6.82. The fourth-order valence-electron chi connectivity index (χ4n) is 0.646. The number of nitrogens with zero attached hydrogens (tertiary/aromatic N) is 2. The quantitative estimate of drug-likeness (QED) is 0.347. The minimum atomic E-state index is -0.402. The van der Waals surface area contributed by atoms with Gasteiger partial charge in [-0.3, -0.25) is 4.89 Å². The summed E-state index contributed by atoms with van der Waals surface area (Å²) in [6.45, 7) is 2.38. The highest BCUT2D eigenvalue weighted by atomic mass is 17.3. The molecule has 1 aliphatic heterocycles. The van der Waals surface area contributed by atoms with Crippen LogP contribution in [0.15, 0.2) is 0 Å². The highest BCUT2D eigenvalue weighted by Crippen LogP contribution is 2.16. The Morgan fingerprint density at radius 3 is 3.08 bits per heavy atom. The van der Waals surface area contributed by atoms with Crippen molar-refractivity contribution in [1.82, 2.24) is 5.06 Å². The Kier molecular flexibility index (Phi) is 3.02. The van der Waals surface area contributed by atoms with Crippen molar-refractivity contribution in [2.24, 2.45) is 0 Å². The first-order valence-corrected chi connectivity index (χ1v) is 3.81. The first-order valence-electron chi connectivity index (χ1n) is 3.81. The van der Waals surface area contributed by atoms with Crippen LogP contribution in [0.5, 0.6) is 0 Å². The monoisotopic (exact) mass is 170 g/mol. The van der Waals surface area contributed by atoms with Crippen LogP contribution in [0.25, 0.3) is 0 Å². The van der Waals surface area contributed by atoms with Gasteiger partial charge in [-0.2, -0.15) is 5.26 Å². The van der Waals surface area contributed by atoms with Crippen molar-refractivity contribution in [2.45, 2.75) is 25.8 Å². The molecule has 0 bridgehead atoms. The summed E-state index contributed by atoms with van der Waals surface area (Å²) in [6.07, 6.45) is 1.06. The van der Waals surface area contributed by atoms with Crippen LogP contribution >= 0.6 is 0 Å². The zero-order chi connectivity index (χ0) is 8.97. The molecule has 1 saturated heterocycles. The summed E-state index contributed by atoms with van der Waals surface area (Å²) >= 11 is 0. The lowest BCUT2D eigenvalue weighted by molar-refractivity contribution is -0.361. The summed E-state index contributed by atoms with van der Waals surface area (Å²) in [5.74, 6) is -0.402. The Morgan fingerprint density at radius 1 is 1.83 bits per heavy atom. The molecule has 0 amide bonds. The van der Waals surface area contributed by atoms with Crippen molar-refractivity contribution >= 4 is 5.97 Å². The van der Waals surface area contributed by atoms with Gasteiger partial charge < -0.3 is 0 Å². The molecule has 0 aromatic heterocycles. The van der Waals surface area contributed by atoms with Gasteiger partial charge in [-0.05, 0) is 6.42 Å². The lowest BCUT2D eigenvalue weighted by Gasteiger charge is -2.00. The van der Waals surface area contributed by atoms with Crippen LogP contribution in [-0.2, 0) is 14.7 Å². The van der Waals surface area contributed by atoms with Crippen molar-refractivity contribution in [3.8, 4) is 6.07 Å². The molecule has 2 atom stereocenters. The minimum absolute atomic E-state index is 0.251. The summed E-state index contributed by atoms with van der Waals surface area (Å²) in [5, 5.41) is 9.63. The molecule has 1 aliphatic rings. The molecule has 0 radical (unpaired) electrons. The van der Waals surface area contributed by atoms with E-state index in [1.807, 2.05) is 13.0 Å². The fraction of sp³-hybridized carbons (Fsp3) is 0.714. The largest absolute Gasteiger partial charge is 0.344 e. The van der Waals surface area contributed by atoms with Crippen molar-refractivity contribution in [3.63, 3.8) is 0 Å². The summed E-state index contributed by atoms with van der Waals surface area (Å²) in [4.78, 5) is 19.6. The fourth-order valence-corrected chi connectivity index (χ4v) is 0.646. The van der Waals surface area contributed by atoms with E-state index in [4.69, 9.17) is 5.26 Å². The minimum Gasteiger partial charge on any atom is -0.280 e. The van der Waals surface area contributed by atoms with E-state index in [1.165, 1.54) is 5.06 Å². The molecule has 0 N–H and O–H groups in total. The Balaban J connectivity index is 2.04. The van der Waals surface area contributed by atoms with Gasteiger partial charge in [0.1, 0.15) is 6.04 Å².